The summed E-state index contributed by atoms with van der Waals surface area (Å²) in [4.78, 5) is 51.6. The first kappa shape index (κ1) is 38.8. The van der Waals surface area contributed by atoms with E-state index in [1.165, 1.54) is 0 Å². The fourth-order valence-corrected chi connectivity index (χ4v) is 5.02. The molecule has 0 fully saturated rings. The number of amides is 1. The van der Waals surface area contributed by atoms with E-state index in [1.54, 1.807) is 7.11 Å². The molecule has 0 saturated carbocycles. The van der Waals surface area contributed by atoms with Crippen molar-refractivity contribution in [3.8, 4) is 11.8 Å². The number of nitrogen functional groups attached to an aromatic ring is 1. The first-order valence-corrected chi connectivity index (χ1v) is 16.5. The maximum atomic E-state index is 12.8. The van der Waals surface area contributed by atoms with Gasteiger partial charge >= 0.3 is 11.9 Å². The lowest BCUT2D eigenvalue weighted by Gasteiger charge is -2.25. The van der Waals surface area contributed by atoms with Crippen LogP contribution in [0.25, 0.3) is 0 Å². The Bertz CT molecular complexity index is 1370. The normalized spacial score (nSPS) is 11.7. The molecule has 1 atom stereocenters. The van der Waals surface area contributed by atoms with Gasteiger partial charge in [0.05, 0.1) is 31.7 Å². The molecule has 12 heteroatoms. The van der Waals surface area contributed by atoms with Gasteiger partial charge in [0.2, 0.25) is 5.95 Å². The lowest BCUT2D eigenvalue weighted by atomic mass is 9.97. The van der Waals surface area contributed by atoms with E-state index in [-0.39, 0.29) is 50.1 Å². The van der Waals surface area contributed by atoms with Gasteiger partial charge in [-0.05, 0) is 57.2 Å². The number of methoxy groups -OCH3 is 1. The number of nitrogens with one attached hydrogen (secondary N) is 2. The van der Waals surface area contributed by atoms with E-state index in [0.29, 0.717) is 42.1 Å². The maximum absolute atomic E-state index is 12.8. The number of unbranched alkanes of at least 4 members (excludes halogenated alkanes) is 4. The molecular formula is C35H52N6O6. The minimum Gasteiger partial charge on any atom is -0.496 e. The third-order valence-corrected chi connectivity index (χ3v) is 7.29. The van der Waals surface area contributed by atoms with Gasteiger partial charge in [0.25, 0.3) is 5.91 Å². The number of hydrogen-bond acceptors (Lipinski definition) is 11. The van der Waals surface area contributed by atoms with Crippen molar-refractivity contribution in [3.05, 3.63) is 40.6 Å². The topological polar surface area (TPSA) is 179 Å². The van der Waals surface area contributed by atoms with Crippen LogP contribution >= 0.6 is 0 Å². The van der Waals surface area contributed by atoms with Crippen LogP contribution < -0.4 is 21.3 Å². The van der Waals surface area contributed by atoms with Crippen molar-refractivity contribution in [1.82, 2.24) is 15.4 Å². The van der Waals surface area contributed by atoms with E-state index in [0.717, 1.165) is 43.2 Å². The lowest BCUT2D eigenvalue weighted by molar-refractivity contribution is -0.158. The summed E-state index contributed by atoms with van der Waals surface area (Å²) < 4.78 is 11.2. The summed E-state index contributed by atoms with van der Waals surface area (Å²) in [6, 6.07) is 7.41. The second-order valence-corrected chi connectivity index (χ2v) is 12.6. The third kappa shape index (κ3) is 14.7. The van der Waals surface area contributed by atoms with E-state index in [1.807, 2.05) is 39.0 Å². The van der Waals surface area contributed by atoms with E-state index < -0.39 is 17.5 Å². The fraction of sp³-hybridized carbons (Fsp3) is 0.600. The van der Waals surface area contributed by atoms with Gasteiger partial charge in [-0.3, -0.25) is 9.59 Å². The van der Waals surface area contributed by atoms with Crippen LogP contribution in [0.4, 0.5) is 11.8 Å². The van der Waals surface area contributed by atoms with Crippen LogP contribution in [0.15, 0.2) is 18.2 Å². The number of esters is 1. The molecule has 1 aromatic carbocycles. The Balaban J connectivity index is 2.41. The lowest BCUT2D eigenvalue weighted by Crippen LogP contribution is -2.30. The number of nitrogens with two attached hydrogens (primary N) is 1. The number of rotatable bonds is 19. The number of nitrogens with zero attached hydrogens (tertiary/aromatic N) is 3. The summed E-state index contributed by atoms with van der Waals surface area (Å²) in [6.45, 7) is 9.64. The average molecular weight is 653 g/mol. The van der Waals surface area contributed by atoms with Crippen molar-refractivity contribution in [1.29, 1.82) is 5.26 Å². The number of aryl methyl sites for hydroxylation is 1. The monoisotopic (exact) mass is 652 g/mol. The zero-order valence-electron chi connectivity index (χ0n) is 28.9. The fourth-order valence-electron chi connectivity index (χ4n) is 5.02. The molecule has 1 aromatic heterocycles. The number of anilines is 2. The number of aromatic nitrogens is 2. The number of carbonyl (C=O) groups is 3. The summed E-state index contributed by atoms with van der Waals surface area (Å²) >= 11 is 0. The highest BCUT2D eigenvalue weighted by atomic mass is 16.7. The maximum Gasteiger partial charge on any atom is 0.332 e. The van der Waals surface area contributed by atoms with Crippen molar-refractivity contribution in [3.63, 3.8) is 0 Å². The first-order valence-electron chi connectivity index (χ1n) is 16.5. The summed E-state index contributed by atoms with van der Waals surface area (Å²) in [7, 11) is 1.57. The smallest absolute Gasteiger partial charge is 0.332 e. The van der Waals surface area contributed by atoms with Gasteiger partial charge in [-0.1, -0.05) is 58.1 Å². The number of hydroxylamine groups is 1. The Hall–Kier alpha value is -4.40. The van der Waals surface area contributed by atoms with Gasteiger partial charge in [-0.15, -0.1) is 0 Å². The first-order chi connectivity index (χ1) is 22.4. The minimum absolute atomic E-state index is 0.00173. The molecule has 0 saturated heterocycles. The molecule has 0 radical (unpaired) electrons. The predicted molar refractivity (Wildman–Crippen MR) is 180 cm³/mol. The molecule has 1 heterocycles. The molecular weight excluding hydrogens is 600 g/mol. The largest absolute Gasteiger partial charge is 0.496 e. The molecule has 0 aliphatic rings. The van der Waals surface area contributed by atoms with Crippen LogP contribution in [-0.4, -0.2) is 46.6 Å². The van der Waals surface area contributed by atoms with Gasteiger partial charge in [-0.2, -0.15) is 15.7 Å². The Kier molecular flexibility index (Phi) is 16.5. The van der Waals surface area contributed by atoms with Crippen molar-refractivity contribution in [2.45, 2.75) is 130 Å². The molecule has 258 valence electrons. The molecule has 12 nitrogen and oxygen atoms in total. The molecule has 0 aliphatic heterocycles. The number of hydrogen-bond donors (Lipinski definition) is 3. The number of carbonyl (C=O) groups excluding carboxylic acids is 3. The van der Waals surface area contributed by atoms with Crippen LogP contribution in [-0.2, 0) is 43.2 Å². The molecule has 2 aromatic rings. The Morgan fingerprint density at radius 1 is 1.02 bits per heavy atom. The van der Waals surface area contributed by atoms with Crippen molar-refractivity contribution < 1.29 is 28.7 Å². The van der Waals surface area contributed by atoms with Crippen molar-refractivity contribution in [2.24, 2.45) is 0 Å². The molecule has 0 aliphatic carbocycles. The van der Waals surface area contributed by atoms with Crippen LogP contribution in [0.3, 0.4) is 0 Å². The highest BCUT2D eigenvalue weighted by Gasteiger charge is 2.24. The molecule has 4 N–H and O–H groups in total. The molecule has 1 amide bonds. The van der Waals surface area contributed by atoms with E-state index in [4.69, 9.17) is 20.0 Å². The average Bonchev–Trinajstić information content (AvgIpc) is 3.00. The standard InChI is InChI=1S/C35H52N6O6/c1-7-9-11-12-14-31(43)47-41-30(42)18-16-28-27(22-25-21-24(19-20-36)15-17-29(25)45-6)33(40-34(37)39-28)38-26(13-10-8-2)23-32(44)46-35(3,4)5/h15,17,21,26H,7-14,16,18-19,22-23H2,1-6H3,(H,41,42)(H3,37,38,39,40)/t26-/m0/s1. The van der Waals surface area contributed by atoms with Gasteiger partial charge in [0.15, 0.2) is 0 Å². The number of nitriles is 1. The predicted octanol–water partition coefficient (Wildman–Crippen LogP) is 5.90. The Morgan fingerprint density at radius 2 is 1.77 bits per heavy atom. The number of benzene rings is 1. The Morgan fingerprint density at radius 3 is 2.43 bits per heavy atom. The highest BCUT2D eigenvalue weighted by molar-refractivity contribution is 5.78. The Labute approximate surface area is 279 Å². The van der Waals surface area contributed by atoms with Crippen molar-refractivity contribution in [2.75, 3.05) is 18.2 Å². The molecule has 0 bridgehead atoms. The summed E-state index contributed by atoms with van der Waals surface area (Å²) in [5, 5.41) is 12.7. The number of ether oxygens (including phenoxy) is 2. The van der Waals surface area contributed by atoms with E-state index in [2.05, 4.69) is 40.7 Å². The zero-order valence-corrected chi connectivity index (χ0v) is 28.9. The van der Waals surface area contributed by atoms with Crippen molar-refractivity contribution >= 4 is 29.6 Å². The quantitative estimate of drug-likeness (QED) is 0.0934. The van der Waals surface area contributed by atoms with Gasteiger partial charge in [0, 0.05) is 30.9 Å². The molecule has 47 heavy (non-hydrogen) atoms. The van der Waals surface area contributed by atoms with E-state index >= 15 is 0 Å². The second-order valence-electron chi connectivity index (χ2n) is 12.6. The van der Waals surface area contributed by atoms with Gasteiger partial charge < -0.3 is 25.4 Å². The van der Waals surface area contributed by atoms with Crippen LogP contribution in [0.1, 0.15) is 121 Å². The SMILES string of the molecule is CCCCCCC(=O)ONC(=O)CCc1nc(N)nc(N[C@@H](CCCC)CC(=O)OC(C)(C)C)c1Cc1cc(CC#N)ccc1OC. The van der Waals surface area contributed by atoms with E-state index in [9.17, 15) is 19.6 Å². The van der Waals surface area contributed by atoms with Crippen LogP contribution in [0.2, 0.25) is 0 Å². The summed E-state index contributed by atoms with van der Waals surface area (Å²) in [5.74, 6) is -0.257. The molecule has 0 spiro atoms. The highest BCUT2D eigenvalue weighted by Crippen LogP contribution is 2.30. The molecule has 0 unspecified atom stereocenters. The van der Waals surface area contributed by atoms with Crippen LogP contribution in [0.5, 0.6) is 5.75 Å². The van der Waals surface area contributed by atoms with Gasteiger partial charge in [-0.25, -0.2) is 9.78 Å². The third-order valence-electron chi connectivity index (χ3n) is 7.29. The van der Waals surface area contributed by atoms with Crippen LogP contribution in [0, 0.1) is 11.3 Å². The summed E-state index contributed by atoms with van der Waals surface area (Å²) in [5.41, 5.74) is 10.6. The molecule has 2 rings (SSSR count). The zero-order chi connectivity index (χ0) is 34.8. The summed E-state index contributed by atoms with van der Waals surface area (Å²) in [6.07, 6.45) is 7.20. The minimum atomic E-state index is -0.626. The van der Waals surface area contributed by atoms with Gasteiger partial charge in [0.1, 0.15) is 17.2 Å². The second kappa shape index (κ2) is 20.0.